The molecule has 0 aromatic carbocycles. The number of nitrogens with zero attached hydrogens (tertiary/aromatic N) is 2. The largest absolute Gasteiger partial charge is 0.369 e. The predicted octanol–water partition coefficient (Wildman–Crippen LogP) is 1.53. The minimum Gasteiger partial charge on any atom is -0.369 e. The number of rotatable bonds is 5. The molecule has 1 atom stereocenters. The lowest BCUT2D eigenvalue weighted by atomic mass is 10.2. The van der Waals surface area contributed by atoms with Gasteiger partial charge in [-0.2, -0.15) is 11.8 Å². The fraction of sp³-hybridized carbons (Fsp3) is 0.583. The monoisotopic (exact) mass is 266 g/mol. The van der Waals surface area contributed by atoms with Crippen LogP contribution in [0.2, 0.25) is 0 Å². The summed E-state index contributed by atoms with van der Waals surface area (Å²) in [6.07, 6.45) is 5.54. The van der Waals surface area contributed by atoms with Gasteiger partial charge >= 0.3 is 0 Å². The third kappa shape index (κ3) is 3.60. The maximum absolute atomic E-state index is 11.8. The van der Waals surface area contributed by atoms with Gasteiger partial charge in [0.05, 0.1) is 12.4 Å². The summed E-state index contributed by atoms with van der Waals surface area (Å²) in [5.41, 5.74) is 0.375. The van der Waals surface area contributed by atoms with Crippen LogP contribution in [0.25, 0.3) is 0 Å². The summed E-state index contributed by atoms with van der Waals surface area (Å²) >= 11 is 1.93. The van der Waals surface area contributed by atoms with E-state index in [0.717, 1.165) is 13.1 Å². The Balaban J connectivity index is 1.83. The van der Waals surface area contributed by atoms with E-state index >= 15 is 0 Å². The van der Waals surface area contributed by atoms with E-state index in [1.165, 1.54) is 24.8 Å². The van der Waals surface area contributed by atoms with Crippen LogP contribution in [0, 0.1) is 0 Å². The summed E-state index contributed by atoms with van der Waals surface area (Å²) in [5, 5.41) is 6.51. The van der Waals surface area contributed by atoms with E-state index in [-0.39, 0.29) is 5.91 Å². The van der Waals surface area contributed by atoms with Crippen molar-refractivity contribution in [3.05, 3.63) is 18.1 Å². The van der Waals surface area contributed by atoms with Crippen molar-refractivity contribution in [1.29, 1.82) is 0 Å². The zero-order chi connectivity index (χ0) is 12.8. The fourth-order valence-corrected chi connectivity index (χ4v) is 3.02. The van der Waals surface area contributed by atoms with Gasteiger partial charge in [-0.05, 0) is 25.5 Å². The number of hydrogen-bond acceptors (Lipinski definition) is 5. The van der Waals surface area contributed by atoms with Crippen molar-refractivity contribution in [2.24, 2.45) is 0 Å². The highest BCUT2D eigenvalue weighted by atomic mass is 32.2. The Kier molecular flexibility index (Phi) is 4.81. The molecule has 2 heterocycles. The maximum Gasteiger partial charge on any atom is 0.271 e. The molecular formula is C12H18N4OS. The molecule has 1 amide bonds. The molecule has 18 heavy (non-hydrogen) atoms. The topological polar surface area (TPSA) is 66.9 Å². The zero-order valence-electron chi connectivity index (χ0n) is 10.5. The first-order valence-electron chi connectivity index (χ1n) is 6.25. The van der Waals surface area contributed by atoms with Gasteiger partial charge in [-0.1, -0.05) is 0 Å². The van der Waals surface area contributed by atoms with E-state index in [1.54, 1.807) is 6.20 Å². The van der Waals surface area contributed by atoms with Gasteiger partial charge in [-0.3, -0.25) is 4.79 Å². The number of amides is 1. The van der Waals surface area contributed by atoms with Gasteiger partial charge in [0.25, 0.3) is 5.91 Å². The summed E-state index contributed by atoms with van der Waals surface area (Å²) in [4.78, 5) is 20.1. The molecule has 1 aliphatic rings. The van der Waals surface area contributed by atoms with Crippen molar-refractivity contribution in [2.45, 2.75) is 25.0 Å². The van der Waals surface area contributed by atoms with Crippen molar-refractivity contribution >= 4 is 23.5 Å². The molecule has 1 aromatic heterocycles. The van der Waals surface area contributed by atoms with Gasteiger partial charge < -0.3 is 10.6 Å². The second-order valence-electron chi connectivity index (χ2n) is 4.16. The van der Waals surface area contributed by atoms with Crippen molar-refractivity contribution in [3.63, 3.8) is 0 Å². The molecule has 1 saturated heterocycles. The number of aromatic nitrogens is 2. The Hall–Kier alpha value is -1.30. The second-order valence-corrected chi connectivity index (χ2v) is 5.57. The van der Waals surface area contributed by atoms with E-state index < -0.39 is 0 Å². The number of carbonyl (C=O) groups is 1. The van der Waals surface area contributed by atoms with Gasteiger partial charge in [-0.15, -0.1) is 0 Å². The molecule has 6 heteroatoms. The smallest absolute Gasteiger partial charge is 0.271 e. The first-order valence-corrected chi connectivity index (χ1v) is 7.30. The number of carbonyl (C=O) groups excluding carboxylic acids is 1. The van der Waals surface area contributed by atoms with Crippen LogP contribution in [0.15, 0.2) is 12.4 Å². The Labute approximate surface area is 111 Å². The van der Waals surface area contributed by atoms with Crippen LogP contribution >= 0.6 is 11.8 Å². The molecule has 0 aliphatic carbocycles. The van der Waals surface area contributed by atoms with Gasteiger partial charge in [0, 0.05) is 18.3 Å². The summed E-state index contributed by atoms with van der Waals surface area (Å²) < 4.78 is 0. The maximum atomic E-state index is 11.8. The molecule has 0 bridgehead atoms. The average molecular weight is 266 g/mol. The second kappa shape index (κ2) is 6.58. The quantitative estimate of drug-likeness (QED) is 0.846. The molecule has 2 N–H and O–H groups in total. The van der Waals surface area contributed by atoms with Crippen LogP contribution < -0.4 is 10.6 Å². The molecule has 1 aromatic rings. The minimum atomic E-state index is -0.141. The van der Waals surface area contributed by atoms with Crippen LogP contribution in [0.5, 0.6) is 0 Å². The van der Waals surface area contributed by atoms with Crippen molar-refractivity contribution < 1.29 is 4.79 Å². The summed E-state index contributed by atoms with van der Waals surface area (Å²) in [7, 11) is 0. The third-order valence-electron chi connectivity index (χ3n) is 2.76. The highest BCUT2D eigenvalue weighted by Crippen LogP contribution is 2.25. The zero-order valence-corrected chi connectivity index (χ0v) is 11.3. The molecule has 0 spiro atoms. The van der Waals surface area contributed by atoms with E-state index in [0.29, 0.717) is 16.8 Å². The molecule has 5 nitrogen and oxygen atoms in total. The van der Waals surface area contributed by atoms with E-state index in [4.69, 9.17) is 0 Å². The van der Waals surface area contributed by atoms with Crippen LogP contribution in [0.1, 0.15) is 30.3 Å². The molecule has 98 valence electrons. The molecule has 1 fully saturated rings. The summed E-state index contributed by atoms with van der Waals surface area (Å²) in [6.45, 7) is 3.50. The lowest BCUT2D eigenvalue weighted by Crippen LogP contribution is -2.30. The number of hydrogen-bond donors (Lipinski definition) is 2. The van der Waals surface area contributed by atoms with Crippen molar-refractivity contribution in [3.8, 4) is 0 Å². The highest BCUT2D eigenvalue weighted by Gasteiger charge is 2.17. The molecule has 0 radical (unpaired) electrons. The van der Waals surface area contributed by atoms with Gasteiger partial charge in [0.1, 0.15) is 11.5 Å². The first kappa shape index (κ1) is 13.1. The molecule has 1 aliphatic heterocycles. The van der Waals surface area contributed by atoms with E-state index in [2.05, 4.69) is 20.6 Å². The van der Waals surface area contributed by atoms with Crippen LogP contribution in [-0.4, -0.2) is 40.0 Å². The Bertz CT molecular complexity index is 390. The van der Waals surface area contributed by atoms with Crippen LogP contribution in [0.3, 0.4) is 0 Å². The summed E-state index contributed by atoms with van der Waals surface area (Å²) in [6, 6.07) is 0. The number of anilines is 1. The standard InChI is InChI=1S/C12H18N4OS/c1-2-13-11-8-14-10(7-15-11)12(17)16-6-9-4-3-5-18-9/h7-9H,2-6H2,1H3,(H,13,15)(H,16,17). The molecule has 1 unspecified atom stereocenters. The Morgan fingerprint density at radius 1 is 1.50 bits per heavy atom. The molecular weight excluding hydrogens is 248 g/mol. The van der Waals surface area contributed by atoms with Crippen LogP contribution in [0.4, 0.5) is 5.82 Å². The Morgan fingerprint density at radius 3 is 3.00 bits per heavy atom. The number of nitrogens with one attached hydrogen (secondary N) is 2. The number of thioether (sulfide) groups is 1. The minimum absolute atomic E-state index is 0.141. The third-order valence-corrected chi connectivity index (χ3v) is 4.15. The first-order chi connectivity index (χ1) is 8.79. The van der Waals surface area contributed by atoms with E-state index in [9.17, 15) is 4.79 Å². The molecule has 0 saturated carbocycles. The lowest BCUT2D eigenvalue weighted by molar-refractivity contribution is 0.0948. The van der Waals surface area contributed by atoms with Gasteiger partial charge in [-0.25, -0.2) is 9.97 Å². The van der Waals surface area contributed by atoms with E-state index in [1.807, 2.05) is 18.7 Å². The fourth-order valence-electron chi connectivity index (χ4n) is 1.82. The van der Waals surface area contributed by atoms with Gasteiger partial charge in [0.15, 0.2) is 0 Å². The average Bonchev–Trinajstić information content (AvgIpc) is 2.90. The Morgan fingerprint density at radius 2 is 2.39 bits per heavy atom. The lowest BCUT2D eigenvalue weighted by Gasteiger charge is -2.09. The predicted molar refractivity (Wildman–Crippen MR) is 74.0 cm³/mol. The van der Waals surface area contributed by atoms with Crippen molar-refractivity contribution in [2.75, 3.05) is 24.2 Å². The highest BCUT2D eigenvalue weighted by molar-refractivity contribution is 8.00. The van der Waals surface area contributed by atoms with Crippen LogP contribution in [-0.2, 0) is 0 Å². The molecule has 2 rings (SSSR count). The van der Waals surface area contributed by atoms with Gasteiger partial charge in [0.2, 0.25) is 0 Å². The van der Waals surface area contributed by atoms with Crippen molar-refractivity contribution in [1.82, 2.24) is 15.3 Å². The normalized spacial score (nSPS) is 18.6. The summed E-state index contributed by atoms with van der Waals surface area (Å²) in [5.74, 6) is 1.76. The SMILES string of the molecule is CCNc1cnc(C(=O)NCC2CCCS2)cn1.